The van der Waals surface area contributed by atoms with Crippen molar-refractivity contribution < 1.29 is 14.2 Å². The summed E-state index contributed by atoms with van der Waals surface area (Å²) in [4.78, 5) is 13.5. The van der Waals surface area contributed by atoms with E-state index in [2.05, 4.69) is 19.8 Å². The number of β-amino-alcohol motifs (C(OH)–C–C–N with tert-alkyl or cyclic N) is 1. The largest absolute Gasteiger partial charge is 0.389 e. The van der Waals surface area contributed by atoms with E-state index < -0.39 is 6.10 Å². The third-order valence-corrected chi connectivity index (χ3v) is 5.07. The number of hydrogen-bond acceptors (Lipinski definition) is 6. The SMILES string of the molecule is OC1COCCN(C2CCN(c3ncc4ccc(F)cc4n3)CC2)C1. The zero-order valence-electron chi connectivity index (χ0n) is 14.1. The van der Waals surface area contributed by atoms with E-state index >= 15 is 0 Å². The first-order chi connectivity index (χ1) is 12.2. The minimum Gasteiger partial charge on any atom is -0.389 e. The molecule has 0 aliphatic carbocycles. The number of nitrogens with zero attached hydrogens (tertiary/aromatic N) is 4. The van der Waals surface area contributed by atoms with Crippen LogP contribution in [0, 0.1) is 5.82 Å². The van der Waals surface area contributed by atoms with Gasteiger partial charge >= 0.3 is 0 Å². The van der Waals surface area contributed by atoms with Crippen molar-refractivity contribution in [1.29, 1.82) is 0 Å². The lowest BCUT2D eigenvalue weighted by molar-refractivity contribution is 0.0534. The highest BCUT2D eigenvalue weighted by Crippen LogP contribution is 2.22. The summed E-state index contributed by atoms with van der Waals surface area (Å²) in [5.41, 5.74) is 0.639. The highest BCUT2D eigenvalue weighted by atomic mass is 19.1. The number of aliphatic hydroxyl groups is 1. The van der Waals surface area contributed by atoms with E-state index in [9.17, 15) is 9.50 Å². The molecule has 1 unspecified atom stereocenters. The molecule has 25 heavy (non-hydrogen) atoms. The van der Waals surface area contributed by atoms with Crippen molar-refractivity contribution in [3.05, 3.63) is 30.2 Å². The molecule has 1 aromatic carbocycles. The normalized spacial score (nSPS) is 23.8. The Balaban J connectivity index is 1.43. The van der Waals surface area contributed by atoms with E-state index in [0.717, 1.165) is 37.9 Å². The number of fused-ring (bicyclic) bond motifs is 1. The Morgan fingerprint density at radius 1 is 1.20 bits per heavy atom. The van der Waals surface area contributed by atoms with E-state index in [1.807, 2.05) is 0 Å². The van der Waals surface area contributed by atoms with E-state index in [1.165, 1.54) is 12.1 Å². The molecule has 0 radical (unpaired) electrons. The highest BCUT2D eigenvalue weighted by Gasteiger charge is 2.28. The molecule has 6 nitrogen and oxygen atoms in total. The van der Waals surface area contributed by atoms with Crippen LogP contribution in [0.4, 0.5) is 10.3 Å². The average Bonchev–Trinajstić information content (AvgIpc) is 2.86. The van der Waals surface area contributed by atoms with Gasteiger partial charge in [-0.25, -0.2) is 14.4 Å². The molecule has 2 aromatic rings. The molecule has 2 aliphatic heterocycles. The molecular weight excluding hydrogens is 323 g/mol. The number of ether oxygens (including phenoxy) is 1. The molecule has 0 bridgehead atoms. The fraction of sp³-hybridized carbons (Fsp3) is 0.556. The van der Waals surface area contributed by atoms with Crippen LogP contribution in [0.1, 0.15) is 12.8 Å². The predicted molar refractivity (Wildman–Crippen MR) is 93.1 cm³/mol. The van der Waals surface area contributed by atoms with Gasteiger partial charge in [0.25, 0.3) is 0 Å². The number of benzene rings is 1. The van der Waals surface area contributed by atoms with Gasteiger partial charge in [-0.1, -0.05) is 0 Å². The van der Waals surface area contributed by atoms with Crippen LogP contribution in [0.2, 0.25) is 0 Å². The number of piperidine rings is 1. The Labute approximate surface area is 146 Å². The predicted octanol–water partition coefficient (Wildman–Crippen LogP) is 1.43. The molecule has 4 rings (SSSR count). The second kappa shape index (κ2) is 7.19. The zero-order valence-corrected chi connectivity index (χ0v) is 14.1. The fourth-order valence-electron chi connectivity index (χ4n) is 3.72. The smallest absolute Gasteiger partial charge is 0.225 e. The van der Waals surface area contributed by atoms with Crippen molar-refractivity contribution in [2.75, 3.05) is 44.3 Å². The van der Waals surface area contributed by atoms with Crippen molar-refractivity contribution in [2.45, 2.75) is 25.0 Å². The van der Waals surface area contributed by atoms with Gasteiger partial charge in [-0.15, -0.1) is 0 Å². The topological polar surface area (TPSA) is 61.7 Å². The van der Waals surface area contributed by atoms with Gasteiger partial charge in [0.1, 0.15) is 5.82 Å². The fourth-order valence-corrected chi connectivity index (χ4v) is 3.72. The molecule has 3 heterocycles. The Morgan fingerprint density at radius 2 is 2.04 bits per heavy atom. The molecule has 2 saturated heterocycles. The first-order valence-electron chi connectivity index (χ1n) is 8.86. The maximum atomic E-state index is 13.4. The van der Waals surface area contributed by atoms with Crippen molar-refractivity contribution in [1.82, 2.24) is 14.9 Å². The van der Waals surface area contributed by atoms with Crippen LogP contribution in [-0.4, -0.2) is 71.5 Å². The Morgan fingerprint density at radius 3 is 2.88 bits per heavy atom. The summed E-state index contributed by atoms with van der Waals surface area (Å²) in [5.74, 6) is 0.383. The van der Waals surface area contributed by atoms with E-state index in [0.29, 0.717) is 37.3 Å². The molecule has 0 spiro atoms. The van der Waals surface area contributed by atoms with E-state index in [1.54, 1.807) is 12.3 Å². The maximum Gasteiger partial charge on any atom is 0.225 e. The van der Waals surface area contributed by atoms with Gasteiger partial charge in [0, 0.05) is 49.9 Å². The van der Waals surface area contributed by atoms with Crippen molar-refractivity contribution in [3.8, 4) is 0 Å². The van der Waals surface area contributed by atoms with Crippen LogP contribution in [0.3, 0.4) is 0 Å². The first kappa shape index (κ1) is 16.6. The highest BCUT2D eigenvalue weighted by molar-refractivity contribution is 5.78. The molecule has 1 N–H and O–H groups in total. The molecule has 1 atom stereocenters. The zero-order chi connectivity index (χ0) is 17.2. The number of aromatic nitrogens is 2. The third kappa shape index (κ3) is 3.73. The number of halogens is 1. The first-order valence-corrected chi connectivity index (χ1v) is 8.86. The molecule has 7 heteroatoms. The Hall–Kier alpha value is -1.83. The monoisotopic (exact) mass is 346 g/mol. The van der Waals surface area contributed by atoms with Gasteiger partial charge in [0.2, 0.25) is 5.95 Å². The minimum atomic E-state index is -0.403. The van der Waals surface area contributed by atoms with Crippen LogP contribution in [0.5, 0.6) is 0 Å². The maximum absolute atomic E-state index is 13.4. The number of hydrogen-bond donors (Lipinski definition) is 1. The minimum absolute atomic E-state index is 0.280. The standard InChI is InChI=1S/C18H23FN4O2/c19-14-2-1-13-10-20-18(21-17(13)9-14)22-5-3-15(4-6-22)23-7-8-25-12-16(24)11-23/h1-2,9-10,15-16,24H,3-8,11-12H2. The van der Waals surface area contributed by atoms with Crippen molar-refractivity contribution in [3.63, 3.8) is 0 Å². The quantitative estimate of drug-likeness (QED) is 0.888. The number of anilines is 1. The van der Waals surface area contributed by atoms with Crippen LogP contribution >= 0.6 is 0 Å². The van der Waals surface area contributed by atoms with Gasteiger partial charge in [-0.3, -0.25) is 4.90 Å². The third-order valence-electron chi connectivity index (χ3n) is 5.07. The van der Waals surface area contributed by atoms with Gasteiger partial charge in [-0.05, 0) is 25.0 Å². The van der Waals surface area contributed by atoms with Gasteiger partial charge in [-0.2, -0.15) is 0 Å². The summed E-state index contributed by atoms with van der Waals surface area (Å²) < 4.78 is 18.8. The lowest BCUT2D eigenvalue weighted by atomic mass is 10.0. The van der Waals surface area contributed by atoms with E-state index in [-0.39, 0.29) is 5.82 Å². The molecule has 134 valence electrons. The molecule has 2 fully saturated rings. The lowest BCUT2D eigenvalue weighted by Crippen LogP contribution is -2.47. The number of rotatable bonds is 2. The summed E-state index contributed by atoms with van der Waals surface area (Å²) in [6, 6.07) is 5.03. The van der Waals surface area contributed by atoms with Crippen LogP contribution in [0.25, 0.3) is 10.9 Å². The van der Waals surface area contributed by atoms with Crippen LogP contribution in [0.15, 0.2) is 24.4 Å². The molecule has 0 amide bonds. The molecule has 1 aromatic heterocycles. The van der Waals surface area contributed by atoms with Crippen LogP contribution < -0.4 is 4.90 Å². The van der Waals surface area contributed by atoms with Gasteiger partial charge in [0.15, 0.2) is 0 Å². The molecular formula is C18H23FN4O2. The van der Waals surface area contributed by atoms with E-state index in [4.69, 9.17) is 4.74 Å². The summed E-state index contributed by atoms with van der Waals surface area (Å²) in [6.07, 6.45) is 3.35. The molecule has 2 aliphatic rings. The Bertz CT molecular complexity index is 736. The summed E-state index contributed by atoms with van der Waals surface area (Å²) in [6.45, 7) is 4.37. The second-order valence-electron chi connectivity index (χ2n) is 6.82. The second-order valence-corrected chi connectivity index (χ2v) is 6.82. The lowest BCUT2D eigenvalue weighted by Gasteiger charge is -2.38. The van der Waals surface area contributed by atoms with Crippen molar-refractivity contribution >= 4 is 16.9 Å². The summed E-state index contributed by atoms with van der Waals surface area (Å²) in [5, 5.41) is 10.8. The van der Waals surface area contributed by atoms with Gasteiger partial charge in [0.05, 0.1) is 24.8 Å². The molecule has 0 saturated carbocycles. The summed E-state index contributed by atoms with van der Waals surface area (Å²) in [7, 11) is 0. The van der Waals surface area contributed by atoms with Gasteiger partial charge < -0.3 is 14.7 Å². The number of aliphatic hydroxyl groups excluding tert-OH is 1. The Kier molecular flexibility index (Phi) is 4.78. The van der Waals surface area contributed by atoms with Crippen molar-refractivity contribution in [2.24, 2.45) is 0 Å². The summed E-state index contributed by atoms with van der Waals surface area (Å²) >= 11 is 0. The van der Waals surface area contributed by atoms with Crippen LogP contribution in [-0.2, 0) is 4.74 Å². The average molecular weight is 346 g/mol.